The molecule has 1 amide bonds. The van der Waals surface area contributed by atoms with Crippen LogP contribution in [0.2, 0.25) is 5.02 Å². The number of rotatable bonds is 5. The minimum Gasteiger partial charge on any atom is -0.345 e. The molecule has 8 heteroatoms. The summed E-state index contributed by atoms with van der Waals surface area (Å²) in [6, 6.07) is 9.50. The van der Waals surface area contributed by atoms with Gasteiger partial charge in [0.05, 0.1) is 11.1 Å². The molecule has 0 spiro atoms. The van der Waals surface area contributed by atoms with Crippen LogP contribution in [0.3, 0.4) is 0 Å². The molecule has 0 fully saturated rings. The Kier molecular flexibility index (Phi) is 5.82. The van der Waals surface area contributed by atoms with Crippen molar-refractivity contribution in [2.75, 3.05) is 14.1 Å². The summed E-state index contributed by atoms with van der Waals surface area (Å²) in [6.07, 6.45) is 0. The molecular weight excluding hydrogens is 367 g/mol. The first-order chi connectivity index (χ1) is 11.6. The van der Waals surface area contributed by atoms with Gasteiger partial charge in [0.1, 0.15) is 10.7 Å². The van der Waals surface area contributed by atoms with Crippen molar-refractivity contribution in [1.29, 1.82) is 0 Å². The van der Waals surface area contributed by atoms with Crippen molar-refractivity contribution in [3.8, 4) is 0 Å². The van der Waals surface area contributed by atoms with Gasteiger partial charge in [-0.1, -0.05) is 29.8 Å². The quantitative estimate of drug-likeness (QED) is 0.860. The van der Waals surface area contributed by atoms with E-state index >= 15 is 0 Å². The highest BCUT2D eigenvalue weighted by atomic mass is 35.5. The molecule has 0 aliphatic rings. The molecule has 2 aromatic carbocycles. The van der Waals surface area contributed by atoms with Crippen LogP contribution in [-0.4, -0.2) is 32.7 Å². The van der Waals surface area contributed by atoms with Crippen molar-refractivity contribution >= 4 is 27.5 Å². The fraction of sp³-hybridized carbons (Fsp3) is 0.235. The zero-order valence-corrected chi connectivity index (χ0v) is 15.5. The molecule has 2 rings (SSSR count). The van der Waals surface area contributed by atoms with Gasteiger partial charge in [-0.3, -0.25) is 4.79 Å². The average Bonchev–Trinajstić information content (AvgIpc) is 2.55. The summed E-state index contributed by atoms with van der Waals surface area (Å²) in [5.74, 6) is -0.954. The van der Waals surface area contributed by atoms with Crippen LogP contribution in [-0.2, 0) is 10.0 Å². The number of sulfonamides is 1. The average molecular weight is 385 g/mol. The molecule has 0 bridgehead atoms. The second-order valence-corrected chi connectivity index (χ2v) is 8.18. The molecule has 1 atom stereocenters. The van der Waals surface area contributed by atoms with E-state index in [2.05, 4.69) is 5.32 Å². The monoisotopic (exact) mass is 384 g/mol. The van der Waals surface area contributed by atoms with Crippen LogP contribution in [0.4, 0.5) is 4.39 Å². The summed E-state index contributed by atoms with van der Waals surface area (Å²) < 4.78 is 39.4. The Morgan fingerprint density at radius 3 is 2.44 bits per heavy atom. The molecule has 0 saturated carbocycles. The van der Waals surface area contributed by atoms with Gasteiger partial charge in [0.2, 0.25) is 10.0 Å². The number of benzene rings is 2. The van der Waals surface area contributed by atoms with E-state index < -0.39 is 27.8 Å². The summed E-state index contributed by atoms with van der Waals surface area (Å²) in [4.78, 5) is 12.3. The lowest BCUT2D eigenvalue weighted by Gasteiger charge is -2.17. The van der Waals surface area contributed by atoms with Crippen LogP contribution in [0, 0.1) is 5.82 Å². The van der Waals surface area contributed by atoms with Crippen LogP contribution >= 0.6 is 11.6 Å². The molecule has 0 aromatic heterocycles. The van der Waals surface area contributed by atoms with Crippen LogP contribution < -0.4 is 5.32 Å². The molecule has 0 saturated heterocycles. The molecule has 1 N–H and O–H groups in total. The number of nitrogens with zero attached hydrogens (tertiary/aromatic N) is 1. The van der Waals surface area contributed by atoms with Gasteiger partial charge in [-0.2, -0.15) is 0 Å². The van der Waals surface area contributed by atoms with E-state index in [1.165, 1.54) is 38.4 Å². The Bertz CT molecular complexity index is 901. The van der Waals surface area contributed by atoms with Crippen molar-refractivity contribution in [3.63, 3.8) is 0 Å². The molecule has 5 nitrogen and oxygen atoms in total. The maximum absolute atomic E-state index is 13.8. The Balaban J connectivity index is 2.30. The molecular formula is C17H18ClFN2O3S. The Morgan fingerprint density at radius 1 is 1.20 bits per heavy atom. The van der Waals surface area contributed by atoms with E-state index in [0.717, 1.165) is 4.31 Å². The maximum atomic E-state index is 13.8. The van der Waals surface area contributed by atoms with E-state index in [0.29, 0.717) is 5.56 Å². The van der Waals surface area contributed by atoms with E-state index in [1.54, 1.807) is 25.1 Å². The van der Waals surface area contributed by atoms with Crippen molar-refractivity contribution in [2.45, 2.75) is 17.9 Å². The molecule has 0 aliphatic carbocycles. The molecule has 0 radical (unpaired) electrons. The Labute approximate surface area is 151 Å². The highest BCUT2D eigenvalue weighted by Gasteiger charge is 2.23. The largest absolute Gasteiger partial charge is 0.345 e. The van der Waals surface area contributed by atoms with Crippen molar-refractivity contribution in [1.82, 2.24) is 9.62 Å². The number of halogens is 2. The summed E-state index contributed by atoms with van der Waals surface area (Å²) in [7, 11) is -1.04. The SMILES string of the molecule is C[C@@H](NC(=O)c1ccc(Cl)c(S(=O)(=O)N(C)C)c1)c1ccccc1F. The van der Waals surface area contributed by atoms with E-state index in [9.17, 15) is 17.6 Å². The molecule has 0 heterocycles. The number of nitrogens with one attached hydrogen (secondary N) is 1. The van der Waals surface area contributed by atoms with E-state index in [1.807, 2.05) is 0 Å². The molecule has 25 heavy (non-hydrogen) atoms. The van der Waals surface area contributed by atoms with Gasteiger partial charge in [0, 0.05) is 25.2 Å². The minimum absolute atomic E-state index is 0.0207. The second kappa shape index (κ2) is 7.51. The predicted octanol–water partition coefficient (Wildman–Crippen LogP) is 3.22. The highest BCUT2D eigenvalue weighted by molar-refractivity contribution is 7.89. The summed E-state index contributed by atoms with van der Waals surface area (Å²) in [5.41, 5.74) is 0.457. The van der Waals surface area contributed by atoms with Gasteiger partial charge in [-0.05, 0) is 31.2 Å². The summed E-state index contributed by atoms with van der Waals surface area (Å²) in [5, 5.41) is 2.67. The zero-order valence-electron chi connectivity index (χ0n) is 14.0. The fourth-order valence-corrected chi connectivity index (χ4v) is 3.62. The van der Waals surface area contributed by atoms with Crippen LogP contribution in [0.25, 0.3) is 0 Å². The van der Waals surface area contributed by atoms with Gasteiger partial charge >= 0.3 is 0 Å². The van der Waals surface area contributed by atoms with Crippen LogP contribution in [0.1, 0.15) is 28.9 Å². The highest BCUT2D eigenvalue weighted by Crippen LogP contribution is 2.25. The van der Waals surface area contributed by atoms with Gasteiger partial charge in [-0.25, -0.2) is 17.1 Å². The molecule has 0 aliphatic heterocycles. The first-order valence-corrected chi connectivity index (χ1v) is 9.23. The van der Waals surface area contributed by atoms with Crippen molar-refractivity contribution in [3.05, 3.63) is 64.4 Å². The third kappa shape index (κ3) is 4.18. The molecule has 0 unspecified atom stereocenters. The van der Waals surface area contributed by atoms with Gasteiger partial charge < -0.3 is 5.32 Å². The second-order valence-electron chi connectivity index (χ2n) is 5.65. The summed E-state index contributed by atoms with van der Waals surface area (Å²) >= 11 is 5.96. The first kappa shape index (κ1) is 19.4. The standard InChI is InChI=1S/C17H18ClFN2O3S/c1-11(13-6-4-5-7-15(13)19)20-17(22)12-8-9-14(18)16(10-12)25(23,24)21(2)3/h4-11H,1-3H3,(H,20,22)/t11-/m1/s1. The third-order valence-electron chi connectivity index (χ3n) is 3.67. The summed E-state index contributed by atoms with van der Waals surface area (Å²) in [6.45, 7) is 1.64. The minimum atomic E-state index is -3.79. The Morgan fingerprint density at radius 2 is 1.84 bits per heavy atom. The topological polar surface area (TPSA) is 66.5 Å². The van der Waals surface area contributed by atoms with Crippen molar-refractivity contribution in [2.24, 2.45) is 0 Å². The normalized spacial score (nSPS) is 12.9. The molecule has 134 valence electrons. The number of hydrogen-bond acceptors (Lipinski definition) is 3. The molecule has 2 aromatic rings. The van der Waals surface area contributed by atoms with E-state index in [-0.39, 0.29) is 15.5 Å². The van der Waals surface area contributed by atoms with E-state index in [4.69, 9.17) is 11.6 Å². The predicted molar refractivity (Wildman–Crippen MR) is 94.6 cm³/mol. The number of carbonyl (C=O) groups is 1. The first-order valence-electron chi connectivity index (χ1n) is 7.42. The number of hydrogen-bond donors (Lipinski definition) is 1. The van der Waals surface area contributed by atoms with Crippen LogP contribution in [0.15, 0.2) is 47.4 Å². The lowest BCUT2D eigenvalue weighted by Crippen LogP contribution is -2.28. The maximum Gasteiger partial charge on any atom is 0.251 e. The van der Waals surface area contributed by atoms with Gasteiger partial charge in [0.25, 0.3) is 5.91 Å². The van der Waals surface area contributed by atoms with Gasteiger partial charge in [-0.15, -0.1) is 0 Å². The lowest BCUT2D eigenvalue weighted by atomic mass is 10.1. The van der Waals surface area contributed by atoms with Gasteiger partial charge in [0.15, 0.2) is 0 Å². The smallest absolute Gasteiger partial charge is 0.251 e. The third-order valence-corrected chi connectivity index (χ3v) is 5.97. The number of amides is 1. The van der Waals surface area contributed by atoms with Crippen LogP contribution in [0.5, 0.6) is 0 Å². The lowest BCUT2D eigenvalue weighted by molar-refractivity contribution is 0.0939. The fourth-order valence-electron chi connectivity index (χ4n) is 2.22. The Hall–Kier alpha value is -1.96. The van der Waals surface area contributed by atoms with Crippen molar-refractivity contribution < 1.29 is 17.6 Å². The zero-order chi connectivity index (χ0) is 18.8. The number of carbonyl (C=O) groups excluding carboxylic acids is 1.